The second kappa shape index (κ2) is 5.84. The van der Waals surface area contributed by atoms with Crippen LogP contribution in [-0.4, -0.2) is 10.4 Å². The topological polar surface area (TPSA) is 39.1 Å². The Balaban J connectivity index is 2.29. The molecule has 0 fully saturated rings. The fraction of sp³-hybridized carbons (Fsp3) is 0.143. The summed E-state index contributed by atoms with van der Waals surface area (Å²) in [6.45, 7) is 1.92. The molecule has 2 rings (SSSR count). The van der Waals surface area contributed by atoms with Gasteiger partial charge in [-0.25, -0.2) is 0 Å². The third kappa shape index (κ3) is 3.42. The van der Waals surface area contributed by atoms with Crippen LogP contribution in [-0.2, 0) is 6.54 Å². The lowest BCUT2D eigenvalue weighted by molar-refractivity contribution is 0.0970. The minimum atomic E-state index is -0.198. The molecule has 5 heteroatoms. The summed E-state index contributed by atoms with van der Waals surface area (Å²) in [5, 5.41) is 0. The van der Waals surface area contributed by atoms with E-state index in [9.17, 15) is 9.59 Å². The van der Waals surface area contributed by atoms with E-state index >= 15 is 0 Å². The zero-order valence-corrected chi connectivity index (χ0v) is 13.4. The summed E-state index contributed by atoms with van der Waals surface area (Å²) in [6, 6.07) is 8.83. The fourth-order valence-corrected chi connectivity index (χ4v) is 2.59. The van der Waals surface area contributed by atoms with E-state index in [4.69, 9.17) is 0 Å². The van der Waals surface area contributed by atoms with Crippen molar-refractivity contribution in [2.45, 2.75) is 13.5 Å². The average molecular weight is 385 g/mol. The monoisotopic (exact) mass is 383 g/mol. The van der Waals surface area contributed by atoms with Gasteiger partial charge in [-0.3, -0.25) is 9.59 Å². The molecule has 1 heterocycles. The number of rotatable bonds is 3. The van der Waals surface area contributed by atoms with E-state index in [0.717, 1.165) is 10.0 Å². The highest BCUT2D eigenvalue weighted by Gasteiger charge is 2.09. The van der Waals surface area contributed by atoms with Gasteiger partial charge in [0.15, 0.2) is 5.78 Å². The number of carbonyl (C=O) groups excluding carboxylic acids is 1. The highest BCUT2D eigenvalue weighted by atomic mass is 79.9. The molecule has 0 unspecified atom stereocenters. The van der Waals surface area contributed by atoms with Gasteiger partial charge < -0.3 is 4.57 Å². The molecule has 0 saturated carbocycles. The smallest absolute Gasteiger partial charge is 0.265 e. The molecule has 0 aliphatic rings. The van der Waals surface area contributed by atoms with E-state index in [1.807, 2.05) is 19.1 Å². The fourth-order valence-electron chi connectivity index (χ4n) is 1.74. The summed E-state index contributed by atoms with van der Waals surface area (Å²) in [5.74, 6) is -0.0906. The Hall–Kier alpha value is -1.20. The van der Waals surface area contributed by atoms with Crippen LogP contribution < -0.4 is 5.56 Å². The highest BCUT2D eigenvalue weighted by Crippen LogP contribution is 2.12. The number of hydrogen-bond acceptors (Lipinski definition) is 2. The number of halogens is 2. The molecule has 0 saturated heterocycles. The van der Waals surface area contributed by atoms with Gasteiger partial charge in [-0.05, 0) is 46.6 Å². The molecule has 0 aliphatic heterocycles. The molecule has 19 heavy (non-hydrogen) atoms. The first kappa shape index (κ1) is 14.2. The minimum Gasteiger partial charge on any atom is -0.306 e. The molecule has 0 spiro atoms. The van der Waals surface area contributed by atoms with Crippen LogP contribution in [0.15, 0.2) is 50.3 Å². The van der Waals surface area contributed by atoms with Crippen molar-refractivity contribution in [2.24, 2.45) is 0 Å². The first-order chi connectivity index (χ1) is 8.97. The first-order valence-corrected chi connectivity index (χ1v) is 7.21. The van der Waals surface area contributed by atoms with E-state index in [1.54, 1.807) is 24.4 Å². The minimum absolute atomic E-state index is 0.0424. The lowest BCUT2D eigenvalue weighted by atomic mass is 10.1. The Morgan fingerprint density at radius 1 is 1.21 bits per heavy atom. The Morgan fingerprint density at radius 2 is 1.84 bits per heavy atom. The molecule has 3 nitrogen and oxygen atoms in total. The second-order valence-corrected chi connectivity index (χ2v) is 6.00. The third-order valence-electron chi connectivity index (χ3n) is 2.66. The van der Waals surface area contributed by atoms with E-state index in [1.165, 1.54) is 4.57 Å². The maximum Gasteiger partial charge on any atom is 0.265 e. The number of aromatic nitrogens is 1. The van der Waals surface area contributed by atoms with Gasteiger partial charge >= 0.3 is 0 Å². The number of aryl methyl sites for hydroxylation is 1. The SMILES string of the molecule is Cc1cc(Br)c(=O)n(CC(=O)c2ccc(Br)cc2)c1. The first-order valence-electron chi connectivity index (χ1n) is 5.63. The molecular formula is C14H11Br2NO2. The van der Waals surface area contributed by atoms with Crippen LogP contribution in [0.1, 0.15) is 15.9 Å². The van der Waals surface area contributed by atoms with Gasteiger partial charge in [0, 0.05) is 16.2 Å². The molecule has 1 aromatic heterocycles. The van der Waals surface area contributed by atoms with Crippen molar-refractivity contribution in [1.29, 1.82) is 0 Å². The third-order valence-corrected chi connectivity index (χ3v) is 3.76. The van der Waals surface area contributed by atoms with Crippen molar-refractivity contribution in [2.75, 3.05) is 0 Å². The van der Waals surface area contributed by atoms with Crippen molar-refractivity contribution < 1.29 is 4.79 Å². The lowest BCUT2D eigenvalue weighted by Gasteiger charge is -2.07. The molecule has 98 valence electrons. The van der Waals surface area contributed by atoms with Gasteiger partial charge in [-0.15, -0.1) is 0 Å². The van der Waals surface area contributed by atoms with Crippen LogP contribution >= 0.6 is 31.9 Å². The molecule has 0 radical (unpaired) electrons. The molecule has 0 amide bonds. The maximum absolute atomic E-state index is 12.1. The van der Waals surface area contributed by atoms with Crippen molar-refractivity contribution in [1.82, 2.24) is 4.57 Å². The van der Waals surface area contributed by atoms with Crippen molar-refractivity contribution >= 4 is 37.6 Å². The zero-order chi connectivity index (χ0) is 14.0. The number of nitrogens with zero attached hydrogens (tertiary/aromatic N) is 1. The number of Topliss-reactive ketones (excluding diaryl/α,β-unsaturated/α-hetero) is 1. The Labute approximate surface area is 127 Å². The van der Waals surface area contributed by atoms with Gasteiger partial charge in [0.2, 0.25) is 0 Å². The normalized spacial score (nSPS) is 10.5. The quantitative estimate of drug-likeness (QED) is 0.759. The Morgan fingerprint density at radius 3 is 2.47 bits per heavy atom. The summed E-state index contributed by atoms with van der Waals surface area (Å²) >= 11 is 6.52. The van der Waals surface area contributed by atoms with Gasteiger partial charge in [0.25, 0.3) is 5.56 Å². The van der Waals surface area contributed by atoms with Gasteiger partial charge in [-0.1, -0.05) is 28.1 Å². The molecule has 1 aromatic carbocycles. The molecule has 2 aromatic rings. The number of ketones is 1. The van der Waals surface area contributed by atoms with Crippen LogP contribution in [0.4, 0.5) is 0 Å². The number of pyridine rings is 1. The predicted molar refractivity (Wildman–Crippen MR) is 81.6 cm³/mol. The van der Waals surface area contributed by atoms with E-state index in [0.29, 0.717) is 10.0 Å². The number of hydrogen-bond donors (Lipinski definition) is 0. The molecule has 0 atom stereocenters. The van der Waals surface area contributed by atoms with Gasteiger partial charge in [-0.2, -0.15) is 0 Å². The second-order valence-electron chi connectivity index (χ2n) is 4.23. The Kier molecular flexibility index (Phi) is 4.37. The molecule has 0 bridgehead atoms. The largest absolute Gasteiger partial charge is 0.306 e. The van der Waals surface area contributed by atoms with E-state index in [-0.39, 0.29) is 17.9 Å². The molecular weight excluding hydrogens is 374 g/mol. The van der Waals surface area contributed by atoms with Gasteiger partial charge in [0.1, 0.15) is 0 Å². The van der Waals surface area contributed by atoms with Crippen LogP contribution in [0.2, 0.25) is 0 Å². The van der Waals surface area contributed by atoms with Crippen molar-refractivity contribution in [3.8, 4) is 0 Å². The summed E-state index contributed by atoms with van der Waals surface area (Å²) in [7, 11) is 0. The standard InChI is InChI=1S/C14H11Br2NO2/c1-9-6-12(16)14(19)17(7-9)8-13(18)10-2-4-11(15)5-3-10/h2-7H,8H2,1H3. The van der Waals surface area contributed by atoms with Crippen LogP contribution in [0.5, 0.6) is 0 Å². The molecule has 0 aliphatic carbocycles. The van der Waals surface area contributed by atoms with E-state index < -0.39 is 0 Å². The van der Waals surface area contributed by atoms with E-state index in [2.05, 4.69) is 31.9 Å². The van der Waals surface area contributed by atoms with Crippen LogP contribution in [0, 0.1) is 6.92 Å². The number of benzene rings is 1. The van der Waals surface area contributed by atoms with Gasteiger partial charge in [0.05, 0.1) is 11.0 Å². The lowest BCUT2D eigenvalue weighted by Crippen LogP contribution is -2.24. The average Bonchev–Trinajstić information content (AvgIpc) is 2.36. The summed E-state index contributed by atoms with van der Waals surface area (Å²) in [4.78, 5) is 24.0. The van der Waals surface area contributed by atoms with Crippen LogP contribution in [0.25, 0.3) is 0 Å². The summed E-state index contributed by atoms with van der Waals surface area (Å²) in [6.07, 6.45) is 1.68. The van der Waals surface area contributed by atoms with Crippen LogP contribution in [0.3, 0.4) is 0 Å². The highest BCUT2D eigenvalue weighted by molar-refractivity contribution is 9.10. The Bertz CT molecular complexity index is 675. The summed E-state index contributed by atoms with van der Waals surface area (Å²) in [5.41, 5.74) is 1.32. The number of carbonyl (C=O) groups is 1. The molecule has 0 N–H and O–H groups in total. The predicted octanol–water partition coefficient (Wildman–Crippen LogP) is 3.56. The summed E-state index contributed by atoms with van der Waals surface area (Å²) < 4.78 is 2.81. The van der Waals surface area contributed by atoms with Crippen molar-refractivity contribution in [3.05, 3.63) is 67.0 Å². The zero-order valence-electron chi connectivity index (χ0n) is 10.2. The maximum atomic E-state index is 12.1. The van der Waals surface area contributed by atoms with Crippen molar-refractivity contribution in [3.63, 3.8) is 0 Å².